The van der Waals surface area contributed by atoms with Crippen LogP contribution in [0.15, 0.2) is 29.2 Å². The van der Waals surface area contributed by atoms with Crippen LogP contribution in [-0.2, 0) is 14.8 Å². The summed E-state index contributed by atoms with van der Waals surface area (Å²) < 4.78 is 32.0. The zero-order valence-electron chi connectivity index (χ0n) is 13.1. The van der Waals surface area contributed by atoms with Gasteiger partial charge in [0.05, 0.1) is 16.6 Å². The van der Waals surface area contributed by atoms with Crippen molar-refractivity contribution in [1.29, 1.82) is 5.26 Å². The Bertz CT molecular complexity index is 669. The molecule has 6 nitrogen and oxygen atoms in total. The Morgan fingerprint density at radius 2 is 2.14 bits per heavy atom. The van der Waals surface area contributed by atoms with Gasteiger partial charge in [-0.15, -0.1) is 0 Å². The molecular formula is C15H21N3O3S. The molecule has 1 aliphatic rings. The first-order chi connectivity index (χ1) is 10.4. The molecule has 0 saturated carbocycles. The van der Waals surface area contributed by atoms with Gasteiger partial charge >= 0.3 is 0 Å². The highest BCUT2D eigenvalue weighted by Gasteiger charge is 2.33. The summed E-state index contributed by atoms with van der Waals surface area (Å²) in [4.78, 5) is 2.17. The molecule has 1 aliphatic heterocycles. The normalized spacial score (nSPS) is 22.9. The number of likely N-dealkylation sites (tertiary alicyclic amines) is 1. The van der Waals surface area contributed by atoms with Crippen LogP contribution in [0.4, 0.5) is 0 Å². The maximum absolute atomic E-state index is 12.7. The lowest BCUT2D eigenvalue weighted by Crippen LogP contribution is -2.39. The molecule has 2 rings (SSSR count). The Labute approximate surface area is 131 Å². The fourth-order valence-corrected chi connectivity index (χ4v) is 4.11. The fraction of sp³-hybridized carbons (Fsp3) is 0.533. The van der Waals surface area contributed by atoms with E-state index >= 15 is 0 Å². The van der Waals surface area contributed by atoms with Crippen molar-refractivity contribution in [1.82, 2.24) is 9.21 Å². The highest BCUT2D eigenvalue weighted by molar-refractivity contribution is 7.89. The van der Waals surface area contributed by atoms with Gasteiger partial charge in [-0.05, 0) is 25.6 Å². The molecule has 1 aromatic rings. The van der Waals surface area contributed by atoms with Gasteiger partial charge in [-0.3, -0.25) is 4.90 Å². The monoisotopic (exact) mass is 323 g/mol. The van der Waals surface area contributed by atoms with Crippen LogP contribution in [0.1, 0.15) is 12.0 Å². The largest absolute Gasteiger partial charge is 0.380 e. The van der Waals surface area contributed by atoms with Crippen molar-refractivity contribution >= 4 is 10.0 Å². The summed E-state index contributed by atoms with van der Waals surface area (Å²) >= 11 is 0. The predicted molar refractivity (Wildman–Crippen MR) is 82.8 cm³/mol. The fourth-order valence-electron chi connectivity index (χ4n) is 2.76. The van der Waals surface area contributed by atoms with Gasteiger partial charge in [0, 0.05) is 33.3 Å². The van der Waals surface area contributed by atoms with E-state index in [0.29, 0.717) is 6.54 Å². The Morgan fingerprint density at radius 1 is 1.45 bits per heavy atom. The molecule has 1 saturated heterocycles. The van der Waals surface area contributed by atoms with E-state index in [4.69, 9.17) is 10.00 Å². The molecule has 0 amide bonds. The van der Waals surface area contributed by atoms with Gasteiger partial charge in [0.2, 0.25) is 10.0 Å². The molecule has 0 unspecified atom stereocenters. The highest BCUT2D eigenvalue weighted by atomic mass is 32.2. The SMILES string of the molecule is CO[C@H]1C[C@@H](CN(C)S(=O)(=O)c2ccccc2C#N)N(C)C1. The molecule has 1 heterocycles. The number of methoxy groups -OCH3 is 1. The van der Waals surface area contributed by atoms with E-state index in [1.165, 1.54) is 16.4 Å². The number of likely N-dealkylation sites (N-methyl/N-ethyl adjacent to an activating group) is 2. The second-order valence-corrected chi connectivity index (χ2v) is 7.59. The summed E-state index contributed by atoms with van der Waals surface area (Å²) in [5, 5.41) is 9.10. The molecule has 2 atom stereocenters. The Hall–Kier alpha value is -1.46. The lowest BCUT2D eigenvalue weighted by atomic mass is 10.2. The first-order valence-corrected chi connectivity index (χ1v) is 8.52. The van der Waals surface area contributed by atoms with Crippen LogP contribution in [0.5, 0.6) is 0 Å². The molecule has 0 radical (unpaired) electrons. The number of benzene rings is 1. The topological polar surface area (TPSA) is 73.6 Å². The van der Waals surface area contributed by atoms with Crippen molar-refractivity contribution in [2.45, 2.75) is 23.5 Å². The second-order valence-electron chi connectivity index (χ2n) is 5.58. The molecule has 120 valence electrons. The van der Waals surface area contributed by atoms with Gasteiger partial charge in [-0.25, -0.2) is 8.42 Å². The summed E-state index contributed by atoms with van der Waals surface area (Å²) in [6.45, 7) is 1.17. The molecule has 1 aromatic carbocycles. The van der Waals surface area contributed by atoms with E-state index in [1.807, 2.05) is 13.1 Å². The number of sulfonamides is 1. The van der Waals surface area contributed by atoms with Crippen molar-refractivity contribution in [3.05, 3.63) is 29.8 Å². The summed E-state index contributed by atoms with van der Waals surface area (Å²) in [6.07, 6.45) is 0.935. The van der Waals surface area contributed by atoms with E-state index < -0.39 is 10.0 Å². The molecule has 0 N–H and O–H groups in total. The van der Waals surface area contributed by atoms with E-state index in [2.05, 4.69) is 4.90 Å². The van der Waals surface area contributed by atoms with Crippen molar-refractivity contribution in [2.24, 2.45) is 0 Å². The van der Waals surface area contributed by atoms with Gasteiger partial charge in [0.15, 0.2) is 0 Å². The van der Waals surface area contributed by atoms with Crippen molar-refractivity contribution in [3.63, 3.8) is 0 Å². The highest BCUT2D eigenvalue weighted by Crippen LogP contribution is 2.23. The van der Waals surface area contributed by atoms with E-state index in [0.717, 1.165) is 13.0 Å². The van der Waals surface area contributed by atoms with Crippen LogP contribution >= 0.6 is 0 Å². The molecule has 0 aromatic heterocycles. The summed E-state index contributed by atoms with van der Waals surface area (Å²) in [6, 6.07) is 8.33. The average molecular weight is 323 g/mol. The molecule has 22 heavy (non-hydrogen) atoms. The van der Waals surface area contributed by atoms with Gasteiger partial charge in [-0.2, -0.15) is 9.57 Å². The lowest BCUT2D eigenvalue weighted by Gasteiger charge is -2.25. The van der Waals surface area contributed by atoms with Crippen LogP contribution in [0.25, 0.3) is 0 Å². The summed E-state index contributed by atoms with van der Waals surface area (Å²) in [5.41, 5.74) is 0.170. The van der Waals surface area contributed by atoms with Crippen LogP contribution in [0.2, 0.25) is 0 Å². The number of rotatable bonds is 5. The number of nitriles is 1. The van der Waals surface area contributed by atoms with Crippen molar-refractivity contribution in [3.8, 4) is 6.07 Å². The molecule has 0 spiro atoms. The van der Waals surface area contributed by atoms with Gasteiger partial charge in [-0.1, -0.05) is 12.1 Å². The minimum absolute atomic E-state index is 0.0592. The van der Waals surface area contributed by atoms with E-state index in [9.17, 15) is 8.42 Å². The minimum Gasteiger partial charge on any atom is -0.380 e. The lowest BCUT2D eigenvalue weighted by molar-refractivity contribution is 0.111. The van der Waals surface area contributed by atoms with Gasteiger partial charge in [0.25, 0.3) is 0 Å². The maximum Gasteiger partial charge on any atom is 0.244 e. The minimum atomic E-state index is -3.67. The van der Waals surface area contributed by atoms with Gasteiger partial charge < -0.3 is 4.74 Å². The summed E-state index contributed by atoms with van der Waals surface area (Å²) in [7, 11) is 1.52. The van der Waals surface area contributed by atoms with Gasteiger partial charge in [0.1, 0.15) is 6.07 Å². The molecule has 1 fully saturated rings. The predicted octanol–water partition coefficient (Wildman–Crippen LogP) is 0.898. The smallest absolute Gasteiger partial charge is 0.244 e. The Kier molecular flexibility index (Phi) is 5.19. The summed E-state index contributed by atoms with van der Waals surface area (Å²) in [5.74, 6) is 0. The standard InChI is InChI=1S/C15H21N3O3S/c1-17-11-14(21-3)8-13(17)10-18(2)22(19,20)15-7-5-4-6-12(15)9-16/h4-7,13-14H,8,10-11H2,1-3H3/t13-,14-/m0/s1. The average Bonchev–Trinajstić information content (AvgIpc) is 2.87. The third-order valence-electron chi connectivity index (χ3n) is 4.15. The number of ether oxygens (including phenoxy) is 1. The quantitative estimate of drug-likeness (QED) is 0.805. The first-order valence-electron chi connectivity index (χ1n) is 7.08. The van der Waals surface area contributed by atoms with Crippen LogP contribution in [0, 0.1) is 11.3 Å². The van der Waals surface area contributed by atoms with Crippen molar-refractivity contribution < 1.29 is 13.2 Å². The third kappa shape index (κ3) is 3.31. The first kappa shape index (κ1) is 16.9. The molecule has 0 aliphatic carbocycles. The third-order valence-corrected chi connectivity index (χ3v) is 6.03. The maximum atomic E-state index is 12.7. The van der Waals surface area contributed by atoms with E-state index in [-0.39, 0.29) is 22.6 Å². The molecule has 0 bridgehead atoms. The zero-order chi connectivity index (χ0) is 16.3. The van der Waals surface area contributed by atoms with Crippen LogP contribution < -0.4 is 0 Å². The number of hydrogen-bond acceptors (Lipinski definition) is 5. The second kappa shape index (κ2) is 6.75. The molecule has 7 heteroatoms. The zero-order valence-corrected chi connectivity index (χ0v) is 13.9. The van der Waals surface area contributed by atoms with E-state index in [1.54, 1.807) is 26.3 Å². The number of nitrogens with zero attached hydrogens (tertiary/aromatic N) is 3. The Morgan fingerprint density at radius 3 is 2.73 bits per heavy atom. The Balaban J connectivity index is 2.18. The molecular weight excluding hydrogens is 302 g/mol. The van der Waals surface area contributed by atoms with Crippen molar-refractivity contribution in [2.75, 3.05) is 34.3 Å². The van der Waals surface area contributed by atoms with Crippen LogP contribution in [-0.4, -0.2) is 64.1 Å². The number of hydrogen-bond donors (Lipinski definition) is 0. The van der Waals surface area contributed by atoms with Crippen LogP contribution in [0.3, 0.4) is 0 Å².